The molecule has 7 rings (SSSR count). The third-order valence-electron chi connectivity index (χ3n) is 10.5. The summed E-state index contributed by atoms with van der Waals surface area (Å²) in [5, 5.41) is 23.9. The van der Waals surface area contributed by atoms with Gasteiger partial charge in [0.15, 0.2) is 12.2 Å². The summed E-state index contributed by atoms with van der Waals surface area (Å²) in [5.41, 5.74) is 2.08. The summed E-state index contributed by atoms with van der Waals surface area (Å²) < 4.78 is 36.7. The molecule has 6 aromatic rings. The van der Waals surface area contributed by atoms with E-state index < -0.39 is 66.8 Å². The van der Waals surface area contributed by atoms with Crippen molar-refractivity contribution in [1.82, 2.24) is 0 Å². The molecular formula is C50H44O12. The van der Waals surface area contributed by atoms with E-state index in [0.717, 1.165) is 5.56 Å². The fourth-order valence-corrected chi connectivity index (χ4v) is 7.25. The molecule has 1 aliphatic rings. The molecule has 0 saturated carbocycles. The minimum Gasteiger partial charge on any atom is -0.497 e. The summed E-state index contributed by atoms with van der Waals surface area (Å²) >= 11 is 0. The molecule has 0 spiro atoms. The Morgan fingerprint density at radius 3 is 1.53 bits per heavy atom. The van der Waals surface area contributed by atoms with Gasteiger partial charge in [-0.2, -0.15) is 0 Å². The minimum absolute atomic E-state index is 0.0194. The number of carbonyl (C=O) groups excluding carboxylic acids is 4. The molecule has 6 aromatic carbocycles. The van der Waals surface area contributed by atoms with Gasteiger partial charge in [0, 0.05) is 5.56 Å². The molecule has 316 valence electrons. The van der Waals surface area contributed by atoms with Crippen LogP contribution in [0.4, 0.5) is 0 Å². The highest BCUT2D eigenvalue weighted by molar-refractivity contribution is 5.91. The second kappa shape index (κ2) is 19.5. The van der Waals surface area contributed by atoms with E-state index in [1.807, 2.05) is 12.1 Å². The molecule has 1 aliphatic heterocycles. The van der Waals surface area contributed by atoms with Crippen molar-refractivity contribution >= 4 is 23.9 Å². The number of hydrogen-bond acceptors (Lipinski definition) is 12. The number of aliphatic hydroxyl groups is 2. The monoisotopic (exact) mass is 836 g/mol. The summed E-state index contributed by atoms with van der Waals surface area (Å²) in [6, 6.07) is 44.1. The van der Waals surface area contributed by atoms with Crippen LogP contribution in [0.2, 0.25) is 0 Å². The van der Waals surface area contributed by atoms with E-state index >= 15 is 0 Å². The first-order valence-electron chi connectivity index (χ1n) is 19.9. The van der Waals surface area contributed by atoms with E-state index in [1.165, 1.54) is 49.4 Å². The maximum atomic E-state index is 14.2. The molecule has 62 heavy (non-hydrogen) atoms. The second-order valence-corrected chi connectivity index (χ2v) is 14.6. The maximum absolute atomic E-state index is 14.2. The number of carbonyl (C=O) groups is 4. The van der Waals surface area contributed by atoms with Gasteiger partial charge in [-0.15, -0.1) is 0 Å². The van der Waals surface area contributed by atoms with Crippen LogP contribution >= 0.6 is 0 Å². The SMILES string of the molecule is COc1ccc(Cc2ccc(CO)cc2[C@@]2(O)O[C@H]([C@H](C)OC(=O)c3ccccc3)[C@@H](OC(=O)c3ccccc3)[C@H](OC(=O)c3ccccc3)[C@H]2OC(=O)c2ccccc2)cc1. The smallest absolute Gasteiger partial charge is 0.338 e. The molecule has 0 bridgehead atoms. The van der Waals surface area contributed by atoms with Gasteiger partial charge < -0.3 is 38.6 Å². The lowest BCUT2D eigenvalue weighted by atomic mass is 9.82. The fourth-order valence-electron chi connectivity index (χ4n) is 7.25. The molecule has 12 nitrogen and oxygen atoms in total. The Morgan fingerprint density at radius 1 is 0.597 bits per heavy atom. The molecular weight excluding hydrogens is 793 g/mol. The molecule has 0 radical (unpaired) electrons. The Labute approximate surface area is 358 Å². The Bertz CT molecular complexity index is 2460. The summed E-state index contributed by atoms with van der Waals surface area (Å²) in [6.07, 6.45) is -8.27. The number of esters is 4. The average molecular weight is 837 g/mol. The van der Waals surface area contributed by atoms with Crippen LogP contribution in [-0.2, 0) is 42.5 Å². The van der Waals surface area contributed by atoms with Crippen molar-refractivity contribution in [1.29, 1.82) is 0 Å². The van der Waals surface area contributed by atoms with Gasteiger partial charge in [0.05, 0.1) is 36.0 Å². The van der Waals surface area contributed by atoms with Gasteiger partial charge >= 0.3 is 23.9 Å². The largest absolute Gasteiger partial charge is 0.497 e. The van der Waals surface area contributed by atoms with Gasteiger partial charge in [-0.05, 0) is 96.8 Å². The lowest BCUT2D eigenvalue weighted by Gasteiger charge is -2.50. The van der Waals surface area contributed by atoms with Crippen LogP contribution in [0.1, 0.15) is 70.6 Å². The maximum Gasteiger partial charge on any atom is 0.338 e. The predicted molar refractivity (Wildman–Crippen MR) is 225 cm³/mol. The molecule has 2 N–H and O–H groups in total. The van der Waals surface area contributed by atoms with Crippen LogP contribution in [0.3, 0.4) is 0 Å². The Morgan fingerprint density at radius 2 is 1.05 bits per heavy atom. The van der Waals surface area contributed by atoms with Crippen LogP contribution < -0.4 is 4.74 Å². The van der Waals surface area contributed by atoms with E-state index in [9.17, 15) is 29.4 Å². The van der Waals surface area contributed by atoms with Crippen molar-refractivity contribution in [3.8, 4) is 5.75 Å². The van der Waals surface area contributed by atoms with Crippen LogP contribution in [0, 0.1) is 0 Å². The van der Waals surface area contributed by atoms with Crippen molar-refractivity contribution in [2.75, 3.05) is 7.11 Å². The Kier molecular flexibility index (Phi) is 13.5. The molecule has 0 aliphatic carbocycles. The van der Waals surface area contributed by atoms with Crippen LogP contribution in [-0.4, -0.2) is 71.7 Å². The standard InChI is InChI=1S/C50H44O12/c1-32(58-46(52)35-15-7-3-8-16-35)42-43(59-47(53)36-17-9-4-10-18-36)44(60-48(54)37-19-11-5-12-20-37)45(61-49(55)38-21-13-6-14-22-38)50(56,62-42)41-30-34(31-51)23-26-39(41)29-33-24-27-40(57-2)28-25-33/h3-28,30,32,42-45,51,56H,29,31H2,1-2H3/t32-,42+,43+,44-,45+,50+/m0/s1. The van der Waals surface area contributed by atoms with Gasteiger partial charge in [0.25, 0.3) is 0 Å². The summed E-state index contributed by atoms with van der Waals surface area (Å²) in [5.74, 6) is -5.65. The number of methoxy groups -OCH3 is 1. The van der Waals surface area contributed by atoms with Crippen molar-refractivity contribution < 1.29 is 57.8 Å². The fraction of sp³-hybridized carbons (Fsp3) is 0.200. The number of aliphatic hydroxyl groups excluding tert-OH is 1. The average Bonchev–Trinajstić information content (AvgIpc) is 3.32. The van der Waals surface area contributed by atoms with Crippen molar-refractivity contribution in [3.63, 3.8) is 0 Å². The van der Waals surface area contributed by atoms with E-state index in [4.69, 9.17) is 28.4 Å². The quantitative estimate of drug-likeness (QED) is 0.0836. The molecule has 6 atom stereocenters. The first kappa shape index (κ1) is 43.0. The van der Waals surface area contributed by atoms with Gasteiger partial charge in [-0.25, -0.2) is 19.2 Å². The molecule has 12 heteroatoms. The zero-order chi connectivity index (χ0) is 43.6. The topological polar surface area (TPSA) is 164 Å². The molecule has 1 saturated heterocycles. The molecule has 0 unspecified atom stereocenters. The first-order valence-corrected chi connectivity index (χ1v) is 19.9. The number of ether oxygens (including phenoxy) is 6. The zero-order valence-corrected chi connectivity index (χ0v) is 33.9. The summed E-state index contributed by atoms with van der Waals surface area (Å²) in [7, 11) is 1.55. The summed E-state index contributed by atoms with van der Waals surface area (Å²) in [4.78, 5) is 56.1. The minimum atomic E-state index is -2.76. The van der Waals surface area contributed by atoms with Crippen molar-refractivity contribution in [3.05, 3.63) is 208 Å². The third kappa shape index (κ3) is 9.74. The zero-order valence-electron chi connectivity index (χ0n) is 33.9. The van der Waals surface area contributed by atoms with E-state index in [1.54, 1.807) is 116 Å². The highest BCUT2D eigenvalue weighted by Crippen LogP contribution is 2.44. The van der Waals surface area contributed by atoms with E-state index in [2.05, 4.69) is 0 Å². The highest BCUT2D eigenvalue weighted by atomic mass is 16.7. The van der Waals surface area contributed by atoms with Gasteiger partial charge in [0.2, 0.25) is 11.9 Å². The van der Waals surface area contributed by atoms with Crippen LogP contribution in [0.25, 0.3) is 0 Å². The van der Waals surface area contributed by atoms with Crippen molar-refractivity contribution in [2.45, 2.75) is 56.3 Å². The second-order valence-electron chi connectivity index (χ2n) is 14.6. The van der Waals surface area contributed by atoms with Gasteiger partial charge in [-0.3, -0.25) is 0 Å². The van der Waals surface area contributed by atoms with Crippen LogP contribution in [0.15, 0.2) is 164 Å². The summed E-state index contributed by atoms with van der Waals surface area (Å²) in [6.45, 7) is 1.02. The highest BCUT2D eigenvalue weighted by Gasteiger charge is 2.62. The van der Waals surface area contributed by atoms with Crippen LogP contribution in [0.5, 0.6) is 5.75 Å². The van der Waals surface area contributed by atoms with E-state index in [0.29, 0.717) is 16.9 Å². The normalized spacial score (nSPS) is 19.9. The Hall–Kier alpha value is -7.12. The molecule has 0 aromatic heterocycles. The Balaban J connectivity index is 1.43. The number of hydrogen-bond donors (Lipinski definition) is 2. The van der Waals surface area contributed by atoms with Crippen molar-refractivity contribution in [2.24, 2.45) is 0 Å². The lowest BCUT2D eigenvalue weighted by Crippen LogP contribution is -2.68. The number of rotatable bonds is 14. The van der Waals surface area contributed by atoms with E-state index in [-0.39, 0.29) is 34.2 Å². The number of benzene rings is 6. The first-order chi connectivity index (χ1) is 30.1. The van der Waals surface area contributed by atoms with Gasteiger partial charge in [0.1, 0.15) is 18.0 Å². The molecule has 1 heterocycles. The predicted octanol–water partition coefficient (Wildman–Crippen LogP) is 7.24. The lowest BCUT2D eigenvalue weighted by molar-refractivity contribution is -0.360. The van der Waals surface area contributed by atoms with Gasteiger partial charge in [-0.1, -0.05) is 97.1 Å². The molecule has 0 amide bonds. The molecule has 1 fully saturated rings. The third-order valence-corrected chi connectivity index (χ3v) is 10.5.